The largest absolute Gasteiger partial charge is 0.457 e. The van der Waals surface area contributed by atoms with E-state index in [-0.39, 0.29) is 6.61 Å². The second-order valence-electron chi connectivity index (χ2n) is 4.47. The van der Waals surface area contributed by atoms with Gasteiger partial charge in [-0.1, -0.05) is 26.0 Å². The second kappa shape index (κ2) is 5.65. The molecule has 2 rings (SSSR count). The molecule has 0 saturated heterocycles. The first-order valence-corrected chi connectivity index (χ1v) is 6.02. The van der Waals surface area contributed by atoms with Gasteiger partial charge in [-0.25, -0.2) is 0 Å². The lowest BCUT2D eigenvalue weighted by atomic mass is 10.0. The number of hydrogen-bond acceptors (Lipinski definition) is 3. The quantitative estimate of drug-likeness (QED) is 0.893. The van der Waals surface area contributed by atoms with Crippen molar-refractivity contribution in [3.63, 3.8) is 0 Å². The average Bonchev–Trinajstić information content (AvgIpc) is 2.40. The van der Waals surface area contributed by atoms with E-state index in [0.717, 1.165) is 5.75 Å². The highest BCUT2D eigenvalue weighted by atomic mass is 16.5. The maximum absolute atomic E-state index is 9.19. The van der Waals surface area contributed by atoms with E-state index in [4.69, 9.17) is 4.74 Å². The van der Waals surface area contributed by atoms with Crippen molar-refractivity contribution in [1.29, 1.82) is 0 Å². The zero-order chi connectivity index (χ0) is 13.0. The van der Waals surface area contributed by atoms with Gasteiger partial charge in [0.25, 0.3) is 0 Å². The molecule has 2 aromatic rings. The van der Waals surface area contributed by atoms with E-state index in [2.05, 4.69) is 31.0 Å². The third-order valence-corrected chi connectivity index (χ3v) is 2.80. The summed E-state index contributed by atoms with van der Waals surface area (Å²) in [6.07, 6.45) is 3.26. The predicted molar refractivity (Wildman–Crippen MR) is 70.8 cm³/mol. The smallest absolute Gasteiger partial charge is 0.136 e. The van der Waals surface area contributed by atoms with Crippen LogP contribution in [-0.4, -0.2) is 10.1 Å². The van der Waals surface area contributed by atoms with Gasteiger partial charge in [-0.05, 0) is 29.7 Å². The van der Waals surface area contributed by atoms with Gasteiger partial charge in [0.05, 0.1) is 6.61 Å². The molecule has 1 N–H and O–H groups in total. The Morgan fingerprint density at radius 2 is 1.89 bits per heavy atom. The Morgan fingerprint density at radius 3 is 2.50 bits per heavy atom. The Morgan fingerprint density at radius 1 is 1.17 bits per heavy atom. The Balaban J connectivity index is 2.18. The molecule has 0 aliphatic carbocycles. The number of pyridine rings is 1. The van der Waals surface area contributed by atoms with Gasteiger partial charge >= 0.3 is 0 Å². The molecule has 0 aliphatic heterocycles. The molecule has 1 heterocycles. The molecular weight excluding hydrogens is 226 g/mol. The van der Waals surface area contributed by atoms with Crippen molar-refractivity contribution in [3.05, 3.63) is 53.9 Å². The molecule has 0 saturated carbocycles. The van der Waals surface area contributed by atoms with E-state index in [1.807, 2.05) is 12.1 Å². The number of aliphatic hydroxyl groups is 1. The van der Waals surface area contributed by atoms with Crippen molar-refractivity contribution in [2.24, 2.45) is 0 Å². The lowest BCUT2D eigenvalue weighted by Crippen LogP contribution is -1.93. The fraction of sp³-hybridized carbons (Fsp3) is 0.267. The Labute approximate surface area is 107 Å². The van der Waals surface area contributed by atoms with Gasteiger partial charge in [-0.15, -0.1) is 0 Å². The minimum Gasteiger partial charge on any atom is -0.457 e. The SMILES string of the molecule is CC(C)c1ccc(Oc2ccncc2CO)cc1. The van der Waals surface area contributed by atoms with Crippen molar-refractivity contribution in [3.8, 4) is 11.5 Å². The zero-order valence-electron chi connectivity index (χ0n) is 10.6. The molecule has 0 amide bonds. The maximum atomic E-state index is 9.19. The van der Waals surface area contributed by atoms with Crippen LogP contribution in [0.2, 0.25) is 0 Å². The third kappa shape index (κ3) is 2.87. The molecule has 0 atom stereocenters. The number of ether oxygens (including phenoxy) is 1. The van der Waals surface area contributed by atoms with Crippen LogP contribution in [0.3, 0.4) is 0 Å². The average molecular weight is 243 g/mol. The molecule has 18 heavy (non-hydrogen) atoms. The van der Waals surface area contributed by atoms with Crippen LogP contribution in [0.15, 0.2) is 42.7 Å². The summed E-state index contributed by atoms with van der Waals surface area (Å²) in [6.45, 7) is 4.23. The van der Waals surface area contributed by atoms with Crippen LogP contribution >= 0.6 is 0 Å². The minimum atomic E-state index is -0.0761. The Bertz CT molecular complexity index is 506. The van der Waals surface area contributed by atoms with E-state index in [1.54, 1.807) is 18.5 Å². The Hall–Kier alpha value is -1.87. The van der Waals surface area contributed by atoms with Gasteiger partial charge < -0.3 is 9.84 Å². The van der Waals surface area contributed by atoms with Gasteiger partial charge in [0.1, 0.15) is 11.5 Å². The minimum absolute atomic E-state index is 0.0761. The van der Waals surface area contributed by atoms with Crippen LogP contribution in [0.5, 0.6) is 11.5 Å². The van der Waals surface area contributed by atoms with Crippen LogP contribution in [0, 0.1) is 0 Å². The topological polar surface area (TPSA) is 42.4 Å². The van der Waals surface area contributed by atoms with Crippen molar-refractivity contribution < 1.29 is 9.84 Å². The maximum Gasteiger partial charge on any atom is 0.136 e. The molecule has 0 radical (unpaired) electrons. The first kappa shape index (κ1) is 12.6. The van der Waals surface area contributed by atoms with Crippen LogP contribution in [0.25, 0.3) is 0 Å². The molecule has 0 bridgehead atoms. The molecule has 3 nitrogen and oxygen atoms in total. The fourth-order valence-electron chi connectivity index (χ4n) is 1.68. The van der Waals surface area contributed by atoms with E-state index < -0.39 is 0 Å². The summed E-state index contributed by atoms with van der Waals surface area (Å²) >= 11 is 0. The molecule has 3 heteroatoms. The molecule has 0 fully saturated rings. The molecule has 0 aliphatic rings. The number of benzene rings is 1. The highest BCUT2D eigenvalue weighted by Gasteiger charge is 2.04. The molecule has 1 aromatic carbocycles. The van der Waals surface area contributed by atoms with Crippen molar-refractivity contribution in [2.75, 3.05) is 0 Å². The van der Waals surface area contributed by atoms with Crippen LogP contribution < -0.4 is 4.74 Å². The van der Waals surface area contributed by atoms with Gasteiger partial charge in [0, 0.05) is 18.0 Å². The summed E-state index contributed by atoms with van der Waals surface area (Å²) < 4.78 is 5.74. The van der Waals surface area contributed by atoms with Crippen molar-refractivity contribution in [2.45, 2.75) is 26.4 Å². The Kier molecular flexibility index (Phi) is 3.95. The molecule has 0 spiro atoms. The third-order valence-electron chi connectivity index (χ3n) is 2.80. The van der Waals surface area contributed by atoms with Crippen LogP contribution in [0.4, 0.5) is 0 Å². The number of aromatic nitrogens is 1. The van der Waals surface area contributed by atoms with E-state index in [1.165, 1.54) is 5.56 Å². The predicted octanol–water partition coefficient (Wildman–Crippen LogP) is 3.49. The molecule has 1 aromatic heterocycles. The lowest BCUT2D eigenvalue weighted by molar-refractivity contribution is 0.276. The normalized spacial score (nSPS) is 10.7. The van der Waals surface area contributed by atoms with Gasteiger partial charge in [-0.3, -0.25) is 4.98 Å². The van der Waals surface area contributed by atoms with Crippen molar-refractivity contribution >= 4 is 0 Å². The number of nitrogens with zero attached hydrogens (tertiary/aromatic N) is 1. The summed E-state index contributed by atoms with van der Waals surface area (Å²) in [5.41, 5.74) is 1.96. The van der Waals surface area contributed by atoms with Gasteiger partial charge in [-0.2, -0.15) is 0 Å². The number of aliphatic hydroxyl groups excluding tert-OH is 1. The summed E-state index contributed by atoms with van der Waals surface area (Å²) in [7, 11) is 0. The summed E-state index contributed by atoms with van der Waals surface area (Å²) in [5.74, 6) is 1.91. The highest BCUT2D eigenvalue weighted by molar-refractivity contribution is 5.36. The molecule has 94 valence electrons. The van der Waals surface area contributed by atoms with E-state index in [0.29, 0.717) is 17.2 Å². The zero-order valence-corrected chi connectivity index (χ0v) is 10.6. The first-order valence-electron chi connectivity index (χ1n) is 6.02. The second-order valence-corrected chi connectivity index (χ2v) is 4.47. The number of hydrogen-bond donors (Lipinski definition) is 1. The van der Waals surface area contributed by atoms with Crippen LogP contribution in [-0.2, 0) is 6.61 Å². The fourth-order valence-corrected chi connectivity index (χ4v) is 1.68. The highest BCUT2D eigenvalue weighted by Crippen LogP contribution is 2.26. The van der Waals surface area contributed by atoms with E-state index in [9.17, 15) is 5.11 Å². The lowest BCUT2D eigenvalue weighted by Gasteiger charge is -2.10. The van der Waals surface area contributed by atoms with Gasteiger partial charge in [0.15, 0.2) is 0 Å². The van der Waals surface area contributed by atoms with Crippen LogP contribution in [0.1, 0.15) is 30.9 Å². The standard InChI is InChI=1S/C15H17NO2/c1-11(2)12-3-5-14(6-4-12)18-15-7-8-16-9-13(15)10-17/h3-9,11,17H,10H2,1-2H3. The molecule has 0 unspecified atom stereocenters. The summed E-state index contributed by atoms with van der Waals surface area (Å²) in [6, 6.07) is 9.75. The van der Waals surface area contributed by atoms with Gasteiger partial charge in [0.2, 0.25) is 0 Å². The summed E-state index contributed by atoms with van der Waals surface area (Å²) in [4.78, 5) is 3.96. The first-order chi connectivity index (χ1) is 8.70. The monoisotopic (exact) mass is 243 g/mol. The van der Waals surface area contributed by atoms with E-state index >= 15 is 0 Å². The molecular formula is C15H17NO2. The number of rotatable bonds is 4. The summed E-state index contributed by atoms with van der Waals surface area (Å²) in [5, 5.41) is 9.19. The van der Waals surface area contributed by atoms with Crippen molar-refractivity contribution in [1.82, 2.24) is 4.98 Å².